The van der Waals surface area contributed by atoms with Crippen LogP contribution in [0.2, 0.25) is 0 Å². The molecule has 3 aromatic carbocycles. The summed E-state index contributed by atoms with van der Waals surface area (Å²) in [5.74, 6) is 0. The largest absolute Gasteiger partial charge is 0.301 e. The fourth-order valence-corrected chi connectivity index (χ4v) is 2.85. The molecule has 16 heteroatoms. The molecule has 0 atom stereocenters. The van der Waals surface area contributed by atoms with Crippen molar-refractivity contribution in [1.29, 1.82) is 0 Å². The Morgan fingerprint density at radius 1 is 0.583 bits per heavy atom. The second kappa shape index (κ2) is 10.9. The normalized spacial score (nSPS) is 10.9. The molecule has 0 aliphatic rings. The predicted octanol–water partition coefficient (Wildman–Crippen LogP) is 4.21. The Morgan fingerprint density at radius 3 is 1.31 bits per heavy atom. The minimum atomic E-state index is -0.783. The SMILES string of the molecule is O=[N+]([O-])c1ccc(N/N=C/c2ccccc2/C=N/Nc2ccc([N+](=O)[O-])cc2[N+](=O)[O-])c([N+](=O)[O-])c1. The van der Waals surface area contributed by atoms with Gasteiger partial charge in [0.15, 0.2) is 0 Å². The number of anilines is 2. The molecule has 0 radical (unpaired) electrons. The van der Waals surface area contributed by atoms with Crippen molar-refractivity contribution < 1.29 is 19.7 Å². The van der Waals surface area contributed by atoms with Crippen LogP contribution in [0.3, 0.4) is 0 Å². The van der Waals surface area contributed by atoms with Gasteiger partial charge in [0.05, 0.1) is 44.3 Å². The van der Waals surface area contributed by atoms with Crippen LogP contribution in [0, 0.1) is 40.5 Å². The van der Waals surface area contributed by atoms with Crippen molar-refractivity contribution in [2.24, 2.45) is 10.2 Å². The minimum Gasteiger partial charge on any atom is -0.272 e. The maximum Gasteiger partial charge on any atom is 0.301 e. The molecule has 182 valence electrons. The zero-order chi connectivity index (χ0) is 26.2. The third kappa shape index (κ3) is 5.95. The van der Waals surface area contributed by atoms with Gasteiger partial charge in [0, 0.05) is 23.3 Å². The van der Waals surface area contributed by atoms with Crippen molar-refractivity contribution >= 4 is 46.6 Å². The van der Waals surface area contributed by atoms with Crippen LogP contribution in [-0.4, -0.2) is 32.1 Å². The highest BCUT2D eigenvalue weighted by Crippen LogP contribution is 2.30. The fourth-order valence-electron chi connectivity index (χ4n) is 2.85. The van der Waals surface area contributed by atoms with Crippen molar-refractivity contribution in [2.45, 2.75) is 0 Å². The van der Waals surface area contributed by atoms with E-state index in [0.29, 0.717) is 11.1 Å². The molecule has 2 N–H and O–H groups in total. The summed E-state index contributed by atoms with van der Waals surface area (Å²) in [6, 6.07) is 12.8. The van der Waals surface area contributed by atoms with Crippen molar-refractivity contribution in [3.63, 3.8) is 0 Å². The summed E-state index contributed by atoms with van der Waals surface area (Å²) in [7, 11) is 0. The number of hydrazone groups is 2. The molecule has 0 aliphatic carbocycles. The number of benzene rings is 3. The van der Waals surface area contributed by atoms with Crippen LogP contribution >= 0.6 is 0 Å². The van der Waals surface area contributed by atoms with E-state index in [1.165, 1.54) is 12.4 Å². The van der Waals surface area contributed by atoms with Crippen LogP contribution in [0.1, 0.15) is 11.1 Å². The molecule has 0 heterocycles. The summed E-state index contributed by atoms with van der Waals surface area (Å²) in [5, 5.41) is 52.0. The Balaban J connectivity index is 1.78. The van der Waals surface area contributed by atoms with Gasteiger partial charge in [0.25, 0.3) is 11.4 Å². The van der Waals surface area contributed by atoms with Gasteiger partial charge >= 0.3 is 11.4 Å². The van der Waals surface area contributed by atoms with Crippen LogP contribution in [0.15, 0.2) is 70.9 Å². The van der Waals surface area contributed by atoms with E-state index < -0.39 is 42.4 Å². The molecule has 36 heavy (non-hydrogen) atoms. The molecule has 16 nitrogen and oxygen atoms in total. The Hall–Kier alpha value is -5.80. The van der Waals surface area contributed by atoms with Crippen LogP contribution in [0.25, 0.3) is 0 Å². The average molecular weight is 494 g/mol. The van der Waals surface area contributed by atoms with Crippen LogP contribution in [0.5, 0.6) is 0 Å². The number of nitro groups is 4. The van der Waals surface area contributed by atoms with E-state index in [1.54, 1.807) is 24.3 Å². The third-order valence-electron chi connectivity index (χ3n) is 4.55. The highest BCUT2D eigenvalue weighted by molar-refractivity contribution is 5.94. The summed E-state index contributed by atoms with van der Waals surface area (Å²) in [6.45, 7) is 0. The predicted molar refractivity (Wildman–Crippen MR) is 128 cm³/mol. The lowest BCUT2D eigenvalue weighted by molar-refractivity contribution is -0.393. The monoisotopic (exact) mass is 494 g/mol. The standard InChI is InChI=1S/C20H14N8O8/c29-25(30)15-5-7-17(19(9-15)27(33)34)23-21-11-13-3-1-2-4-14(13)12-22-24-18-8-6-16(26(31)32)10-20(18)28(35)36/h1-12,23-24H/b21-11+,22-12+. The molecule has 0 saturated heterocycles. The highest BCUT2D eigenvalue weighted by atomic mass is 16.6. The summed E-state index contributed by atoms with van der Waals surface area (Å²) >= 11 is 0. The first-order chi connectivity index (χ1) is 17.2. The fraction of sp³-hybridized carbons (Fsp3) is 0. The van der Waals surface area contributed by atoms with Gasteiger partial charge in [-0.2, -0.15) is 10.2 Å². The zero-order valence-electron chi connectivity index (χ0n) is 17.9. The van der Waals surface area contributed by atoms with Gasteiger partial charge in [0.1, 0.15) is 11.4 Å². The first-order valence-electron chi connectivity index (χ1n) is 9.70. The van der Waals surface area contributed by atoms with E-state index in [0.717, 1.165) is 36.4 Å². The van der Waals surface area contributed by atoms with Gasteiger partial charge < -0.3 is 0 Å². The first-order valence-corrected chi connectivity index (χ1v) is 9.70. The molecule has 0 amide bonds. The minimum absolute atomic E-state index is 0.0693. The molecule has 0 fully saturated rings. The van der Waals surface area contributed by atoms with Crippen molar-refractivity contribution in [3.05, 3.63) is 112 Å². The summed E-state index contributed by atoms with van der Waals surface area (Å²) in [5.41, 5.74) is 3.83. The number of rotatable bonds is 10. The molecule has 0 saturated carbocycles. The Morgan fingerprint density at radius 2 is 0.972 bits per heavy atom. The second-order valence-corrected chi connectivity index (χ2v) is 6.80. The molecular formula is C20H14N8O8. The average Bonchev–Trinajstić information content (AvgIpc) is 2.84. The van der Waals surface area contributed by atoms with Gasteiger partial charge in [-0.3, -0.25) is 51.3 Å². The lowest BCUT2D eigenvalue weighted by atomic mass is 10.1. The molecule has 0 spiro atoms. The summed E-state index contributed by atoms with van der Waals surface area (Å²) in [6.07, 6.45) is 2.64. The first kappa shape index (κ1) is 24.8. The maximum absolute atomic E-state index is 11.2. The molecule has 0 bridgehead atoms. The van der Waals surface area contributed by atoms with Crippen molar-refractivity contribution in [3.8, 4) is 0 Å². The van der Waals surface area contributed by atoms with Crippen molar-refractivity contribution in [2.75, 3.05) is 10.9 Å². The lowest BCUT2D eigenvalue weighted by Gasteiger charge is -2.04. The molecule has 0 aliphatic heterocycles. The zero-order valence-corrected chi connectivity index (χ0v) is 17.9. The number of hydrogen-bond donors (Lipinski definition) is 2. The Labute approximate surface area is 200 Å². The van der Waals surface area contributed by atoms with E-state index in [1.807, 2.05) is 0 Å². The molecule has 3 rings (SSSR count). The van der Waals surface area contributed by atoms with Crippen LogP contribution < -0.4 is 10.9 Å². The topological polar surface area (TPSA) is 221 Å². The second-order valence-electron chi connectivity index (χ2n) is 6.80. The Bertz CT molecular complexity index is 1320. The molecule has 3 aromatic rings. The van der Waals surface area contributed by atoms with Crippen molar-refractivity contribution in [1.82, 2.24) is 0 Å². The van der Waals surface area contributed by atoms with Gasteiger partial charge in [-0.25, -0.2) is 0 Å². The number of nitrogens with one attached hydrogen (secondary N) is 2. The maximum atomic E-state index is 11.2. The number of nitro benzene ring substituents is 4. The number of nitrogens with zero attached hydrogens (tertiary/aromatic N) is 6. The van der Waals surface area contributed by atoms with E-state index in [2.05, 4.69) is 21.1 Å². The van der Waals surface area contributed by atoms with Gasteiger partial charge in [-0.05, 0) is 12.1 Å². The van der Waals surface area contributed by atoms with E-state index in [-0.39, 0.29) is 11.4 Å². The summed E-state index contributed by atoms with van der Waals surface area (Å²) < 4.78 is 0. The van der Waals surface area contributed by atoms with Crippen LogP contribution in [-0.2, 0) is 0 Å². The number of non-ortho nitro benzene ring substituents is 2. The third-order valence-corrected chi connectivity index (χ3v) is 4.55. The van der Waals surface area contributed by atoms with Crippen LogP contribution in [0.4, 0.5) is 34.1 Å². The molecular weight excluding hydrogens is 480 g/mol. The number of hydrogen-bond acceptors (Lipinski definition) is 12. The lowest BCUT2D eigenvalue weighted by Crippen LogP contribution is -2.00. The van der Waals surface area contributed by atoms with E-state index in [4.69, 9.17) is 0 Å². The molecule has 0 unspecified atom stereocenters. The summed E-state index contributed by atoms with van der Waals surface area (Å²) in [4.78, 5) is 41.1. The van der Waals surface area contributed by atoms with Gasteiger partial charge in [0.2, 0.25) is 0 Å². The smallest absolute Gasteiger partial charge is 0.272 e. The van der Waals surface area contributed by atoms with Gasteiger partial charge in [-0.15, -0.1) is 0 Å². The van der Waals surface area contributed by atoms with Gasteiger partial charge in [-0.1, -0.05) is 24.3 Å². The quantitative estimate of drug-likeness (QED) is 0.232. The van der Waals surface area contributed by atoms with E-state index in [9.17, 15) is 40.5 Å². The Kier molecular flexibility index (Phi) is 7.51. The molecule has 0 aromatic heterocycles. The highest BCUT2D eigenvalue weighted by Gasteiger charge is 2.20. The van der Waals surface area contributed by atoms with E-state index >= 15 is 0 Å².